The number of hydrogen-bond donors (Lipinski definition) is 0. The molecule has 0 N–H and O–H groups in total. The zero-order valence-corrected chi connectivity index (χ0v) is 13.0. The van der Waals surface area contributed by atoms with Crippen molar-refractivity contribution in [3.63, 3.8) is 0 Å². The molecule has 1 fully saturated rings. The van der Waals surface area contributed by atoms with E-state index in [0.717, 1.165) is 44.7 Å². The normalized spacial score (nSPS) is 25.0. The highest BCUT2D eigenvalue weighted by Crippen LogP contribution is 2.33. The molecule has 118 valence electrons. The van der Waals surface area contributed by atoms with E-state index in [1.54, 1.807) is 0 Å². The second-order valence-corrected chi connectivity index (χ2v) is 6.07. The summed E-state index contributed by atoms with van der Waals surface area (Å²) in [6.07, 6.45) is 4.90. The van der Waals surface area contributed by atoms with Crippen molar-refractivity contribution < 1.29 is 14.3 Å². The SMILES string of the molecule is COC(=O)[C@H]1C[C@H](OC2=CCN(Cc3ccccc3)CC2)C1. The van der Waals surface area contributed by atoms with Gasteiger partial charge in [0.05, 0.1) is 24.9 Å². The minimum absolute atomic E-state index is 0.0359. The second-order valence-electron chi connectivity index (χ2n) is 6.07. The average molecular weight is 301 g/mol. The number of ether oxygens (including phenoxy) is 2. The van der Waals surface area contributed by atoms with Crippen molar-refractivity contribution in [1.29, 1.82) is 0 Å². The maximum absolute atomic E-state index is 11.3. The molecule has 0 unspecified atom stereocenters. The first-order valence-corrected chi connectivity index (χ1v) is 7.94. The van der Waals surface area contributed by atoms with Crippen LogP contribution in [0.4, 0.5) is 0 Å². The van der Waals surface area contributed by atoms with Gasteiger partial charge in [0.1, 0.15) is 0 Å². The van der Waals surface area contributed by atoms with Crippen molar-refractivity contribution in [3.8, 4) is 0 Å². The lowest BCUT2D eigenvalue weighted by Crippen LogP contribution is -2.38. The third-order valence-corrected chi connectivity index (χ3v) is 4.45. The largest absolute Gasteiger partial charge is 0.495 e. The van der Waals surface area contributed by atoms with Crippen LogP contribution in [-0.2, 0) is 20.8 Å². The fourth-order valence-corrected chi connectivity index (χ4v) is 3.02. The van der Waals surface area contributed by atoms with Crippen LogP contribution >= 0.6 is 0 Å². The fraction of sp³-hybridized carbons (Fsp3) is 0.500. The van der Waals surface area contributed by atoms with E-state index in [4.69, 9.17) is 9.47 Å². The predicted octanol–water partition coefficient (Wildman–Crippen LogP) is 2.74. The fourth-order valence-electron chi connectivity index (χ4n) is 3.02. The molecule has 4 nitrogen and oxygen atoms in total. The smallest absolute Gasteiger partial charge is 0.308 e. The average Bonchev–Trinajstić information content (AvgIpc) is 2.52. The Hall–Kier alpha value is -1.81. The van der Waals surface area contributed by atoms with E-state index in [0.29, 0.717) is 0 Å². The van der Waals surface area contributed by atoms with Gasteiger partial charge in [-0.25, -0.2) is 0 Å². The van der Waals surface area contributed by atoms with Gasteiger partial charge in [-0.05, 0) is 24.5 Å². The van der Waals surface area contributed by atoms with Crippen LogP contribution in [0.5, 0.6) is 0 Å². The highest BCUT2D eigenvalue weighted by atomic mass is 16.5. The quantitative estimate of drug-likeness (QED) is 0.784. The van der Waals surface area contributed by atoms with E-state index >= 15 is 0 Å². The monoisotopic (exact) mass is 301 g/mol. The van der Waals surface area contributed by atoms with E-state index < -0.39 is 0 Å². The maximum atomic E-state index is 11.3. The molecular weight excluding hydrogens is 278 g/mol. The zero-order valence-electron chi connectivity index (χ0n) is 13.0. The van der Waals surface area contributed by atoms with Crippen molar-refractivity contribution >= 4 is 5.97 Å². The first-order valence-electron chi connectivity index (χ1n) is 7.94. The van der Waals surface area contributed by atoms with Gasteiger partial charge in [0, 0.05) is 26.1 Å². The second kappa shape index (κ2) is 6.97. The van der Waals surface area contributed by atoms with E-state index in [-0.39, 0.29) is 18.0 Å². The molecule has 0 atom stereocenters. The number of carbonyl (C=O) groups excluding carboxylic acids is 1. The Morgan fingerprint density at radius 3 is 2.68 bits per heavy atom. The molecule has 1 saturated carbocycles. The molecule has 1 aromatic rings. The van der Waals surface area contributed by atoms with Gasteiger partial charge in [-0.2, -0.15) is 0 Å². The molecule has 0 spiro atoms. The first kappa shape index (κ1) is 15.1. The topological polar surface area (TPSA) is 38.8 Å². The van der Waals surface area contributed by atoms with Crippen LogP contribution in [0.15, 0.2) is 42.2 Å². The number of hydrogen-bond acceptors (Lipinski definition) is 4. The Kier molecular flexibility index (Phi) is 4.78. The van der Waals surface area contributed by atoms with Gasteiger partial charge in [0.15, 0.2) is 0 Å². The minimum Gasteiger partial charge on any atom is -0.495 e. The molecule has 22 heavy (non-hydrogen) atoms. The summed E-state index contributed by atoms with van der Waals surface area (Å²) >= 11 is 0. The molecule has 1 aromatic carbocycles. The molecule has 2 aliphatic rings. The van der Waals surface area contributed by atoms with Gasteiger partial charge in [-0.15, -0.1) is 0 Å². The van der Waals surface area contributed by atoms with Gasteiger partial charge in [0.25, 0.3) is 0 Å². The summed E-state index contributed by atoms with van der Waals surface area (Å²) < 4.78 is 10.7. The van der Waals surface area contributed by atoms with E-state index in [9.17, 15) is 4.79 Å². The summed E-state index contributed by atoms with van der Waals surface area (Å²) in [5.74, 6) is 1.01. The molecule has 0 bridgehead atoms. The molecule has 0 radical (unpaired) electrons. The lowest BCUT2D eigenvalue weighted by molar-refractivity contribution is -0.153. The first-order chi connectivity index (χ1) is 10.7. The van der Waals surface area contributed by atoms with Crippen molar-refractivity contribution in [3.05, 3.63) is 47.7 Å². The summed E-state index contributed by atoms with van der Waals surface area (Å²) in [5.41, 5.74) is 1.35. The summed E-state index contributed by atoms with van der Waals surface area (Å²) in [7, 11) is 1.45. The lowest BCUT2D eigenvalue weighted by Gasteiger charge is -2.35. The lowest BCUT2D eigenvalue weighted by atomic mass is 9.82. The third kappa shape index (κ3) is 3.69. The number of nitrogens with zero attached hydrogens (tertiary/aromatic N) is 1. The molecule has 3 rings (SSSR count). The molecule has 0 aromatic heterocycles. The molecule has 4 heteroatoms. The molecule has 1 aliphatic carbocycles. The highest BCUT2D eigenvalue weighted by molar-refractivity contribution is 5.73. The van der Waals surface area contributed by atoms with Crippen molar-refractivity contribution in [2.75, 3.05) is 20.2 Å². The van der Waals surface area contributed by atoms with Crippen molar-refractivity contribution in [2.45, 2.75) is 31.9 Å². The van der Waals surface area contributed by atoms with Gasteiger partial charge < -0.3 is 9.47 Å². The highest BCUT2D eigenvalue weighted by Gasteiger charge is 2.37. The predicted molar refractivity (Wildman–Crippen MR) is 84.0 cm³/mol. The summed E-state index contributed by atoms with van der Waals surface area (Å²) in [5, 5.41) is 0. The standard InChI is InChI=1S/C18H23NO3/c1-21-18(20)15-11-17(12-15)22-16-7-9-19(10-8-16)13-14-5-3-2-4-6-14/h2-7,15,17H,8-13H2,1H3/t15-,17-. The van der Waals surface area contributed by atoms with E-state index in [2.05, 4.69) is 35.2 Å². The van der Waals surface area contributed by atoms with Crippen molar-refractivity contribution in [1.82, 2.24) is 4.90 Å². The Morgan fingerprint density at radius 1 is 1.27 bits per heavy atom. The number of carbonyl (C=O) groups is 1. The molecule has 1 aliphatic heterocycles. The Morgan fingerprint density at radius 2 is 2.05 bits per heavy atom. The minimum atomic E-state index is -0.105. The van der Waals surface area contributed by atoms with E-state index in [1.807, 2.05) is 6.07 Å². The third-order valence-electron chi connectivity index (χ3n) is 4.45. The van der Waals surface area contributed by atoms with E-state index in [1.165, 1.54) is 12.7 Å². The Balaban J connectivity index is 1.42. The molecular formula is C18H23NO3. The number of rotatable bonds is 5. The number of esters is 1. The number of benzene rings is 1. The van der Waals surface area contributed by atoms with Gasteiger partial charge >= 0.3 is 5.97 Å². The molecule has 1 heterocycles. The van der Waals surface area contributed by atoms with Crippen LogP contribution in [-0.4, -0.2) is 37.2 Å². The van der Waals surface area contributed by atoms with Crippen LogP contribution in [0, 0.1) is 5.92 Å². The van der Waals surface area contributed by atoms with Crippen LogP contribution in [0.1, 0.15) is 24.8 Å². The van der Waals surface area contributed by atoms with Gasteiger partial charge in [-0.1, -0.05) is 30.3 Å². The molecule has 0 amide bonds. The molecule has 0 saturated heterocycles. The van der Waals surface area contributed by atoms with Crippen molar-refractivity contribution in [2.24, 2.45) is 5.92 Å². The van der Waals surface area contributed by atoms with Crippen LogP contribution in [0.25, 0.3) is 0 Å². The maximum Gasteiger partial charge on any atom is 0.308 e. The van der Waals surface area contributed by atoms with Crippen LogP contribution < -0.4 is 0 Å². The summed E-state index contributed by atoms with van der Waals surface area (Å²) in [6, 6.07) is 10.5. The van der Waals surface area contributed by atoms with Gasteiger partial charge in [-0.3, -0.25) is 9.69 Å². The zero-order chi connectivity index (χ0) is 15.4. The van der Waals surface area contributed by atoms with Crippen LogP contribution in [0.3, 0.4) is 0 Å². The summed E-state index contributed by atoms with van der Waals surface area (Å²) in [6.45, 7) is 2.93. The Bertz CT molecular complexity index is 535. The Labute approximate surface area is 131 Å². The number of methoxy groups -OCH3 is 1. The van der Waals surface area contributed by atoms with Crippen LogP contribution in [0.2, 0.25) is 0 Å². The van der Waals surface area contributed by atoms with Gasteiger partial charge in [0.2, 0.25) is 0 Å². The summed E-state index contributed by atoms with van der Waals surface area (Å²) in [4.78, 5) is 13.8.